The number of hydrogen-bond acceptors (Lipinski definition) is 5. The van der Waals surface area contributed by atoms with Gasteiger partial charge in [-0.25, -0.2) is 0 Å². The Kier molecular flexibility index (Phi) is 5.81. The smallest absolute Gasteiger partial charge is 0.255 e. The van der Waals surface area contributed by atoms with Gasteiger partial charge in [0.1, 0.15) is 12.4 Å². The van der Waals surface area contributed by atoms with Crippen LogP contribution in [0, 0.1) is 11.3 Å². The van der Waals surface area contributed by atoms with Gasteiger partial charge in [0.05, 0.1) is 24.8 Å². The molecular formula is C24H20N2O4. The summed E-state index contributed by atoms with van der Waals surface area (Å²) in [5, 5.41) is 12.1. The lowest BCUT2D eigenvalue weighted by Crippen LogP contribution is -2.12. The van der Waals surface area contributed by atoms with E-state index in [1.807, 2.05) is 18.2 Å². The van der Waals surface area contributed by atoms with Crippen LogP contribution >= 0.6 is 0 Å². The van der Waals surface area contributed by atoms with Crippen LogP contribution in [0.5, 0.6) is 17.2 Å². The first kappa shape index (κ1) is 19.3. The minimum atomic E-state index is -0.257. The lowest BCUT2D eigenvalue weighted by molar-refractivity contribution is 0.102. The predicted molar refractivity (Wildman–Crippen MR) is 112 cm³/mol. The maximum Gasteiger partial charge on any atom is 0.255 e. The molecule has 3 aromatic rings. The molecule has 6 heteroatoms. The third kappa shape index (κ3) is 4.53. The third-order valence-electron chi connectivity index (χ3n) is 4.63. The van der Waals surface area contributed by atoms with Gasteiger partial charge in [0, 0.05) is 29.3 Å². The SMILES string of the molecule is N#Cc1ccccc1COc1cccc(C(=O)Nc2ccc3c(c2)OCCCO3)c1. The molecule has 0 radical (unpaired) electrons. The summed E-state index contributed by atoms with van der Waals surface area (Å²) in [6.07, 6.45) is 0.821. The average molecular weight is 400 g/mol. The Balaban J connectivity index is 1.44. The number of anilines is 1. The van der Waals surface area contributed by atoms with E-state index in [2.05, 4.69) is 11.4 Å². The number of benzene rings is 3. The van der Waals surface area contributed by atoms with E-state index < -0.39 is 0 Å². The highest BCUT2D eigenvalue weighted by molar-refractivity contribution is 6.04. The molecule has 0 saturated carbocycles. The molecule has 0 bridgehead atoms. The predicted octanol–water partition coefficient (Wildman–Crippen LogP) is 4.55. The zero-order valence-electron chi connectivity index (χ0n) is 16.3. The fourth-order valence-electron chi connectivity index (χ4n) is 3.09. The molecule has 0 aliphatic carbocycles. The average Bonchev–Trinajstić information content (AvgIpc) is 3.03. The van der Waals surface area contributed by atoms with E-state index in [0.29, 0.717) is 47.3 Å². The molecule has 1 aliphatic rings. The molecule has 0 aromatic heterocycles. The first-order valence-electron chi connectivity index (χ1n) is 9.65. The molecule has 1 heterocycles. The fourth-order valence-corrected chi connectivity index (χ4v) is 3.09. The van der Waals surface area contributed by atoms with Crippen molar-refractivity contribution >= 4 is 11.6 Å². The Labute approximate surface area is 174 Å². The number of hydrogen-bond donors (Lipinski definition) is 1. The zero-order chi connectivity index (χ0) is 20.8. The molecule has 1 N–H and O–H groups in total. The first-order valence-corrected chi connectivity index (χ1v) is 9.65. The first-order chi connectivity index (χ1) is 14.7. The largest absolute Gasteiger partial charge is 0.490 e. The van der Waals surface area contributed by atoms with Gasteiger partial charge in [-0.05, 0) is 36.4 Å². The number of amides is 1. The number of nitriles is 1. The Hall–Kier alpha value is -3.98. The fraction of sp³-hybridized carbons (Fsp3) is 0.167. The molecule has 4 rings (SSSR count). The molecule has 1 amide bonds. The van der Waals surface area contributed by atoms with Gasteiger partial charge in [-0.2, -0.15) is 5.26 Å². The normalized spacial score (nSPS) is 12.4. The van der Waals surface area contributed by atoms with Gasteiger partial charge in [-0.3, -0.25) is 4.79 Å². The Morgan fingerprint density at radius 2 is 1.83 bits per heavy atom. The van der Waals surface area contributed by atoms with Crippen molar-refractivity contribution in [2.75, 3.05) is 18.5 Å². The summed E-state index contributed by atoms with van der Waals surface area (Å²) < 4.78 is 17.1. The van der Waals surface area contributed by atoms with Crippen LogP contribution in [0.3, 0.4) is 0 Å². The topological polar surface area (TPSA) is 80.6 Å². The van der Waals surface area contributed by atoms with E-state index in [9.17, 15) is 10.1 Å². The molecule has 0 unspecified atom stereocenters. The summed E-state index contributed by atoms with van der Waals surface area (Å²) in [5.74, 6) is 1.60. The highest BCUT2D eigenvalue weighted by Gasteiger charge is 2.13. The number of carbonyl (C=O) groups excluding carboxylic acids is 1. The van der Waals surface area contributed by atoms with E-state index in [0.717, 1.165) is 12.0 Å². The van der Waals surface area contributed by atoms with E-state index in [1.54, 1.807) is 48.5 Å². The van der Waals surface area contributed by atoms with E-state index in [1.165, 1.54) is 0 Å². The second-order valence-electron chi connectivity index (χ2n) is 6.75. The van der Waals surface area contributed by atoms with E-state index in [4.69, 9.17) is 14.2 Å². The van der Waals surface area contributed by atoms with Crippen molar-refractivity contribution in [1.29, 1.82) is 5.26 Å². The van der Waals surface area contributed by atoms with Gasteiger partial charge in [0.15, 0.2) is 11.5 Å². The van der Waals surface area contributed by atoms with Crippen molar-refractivity contribution in [1.82, 2.24) is 0 Å². The monoisotopic (exact) mass is 400 g/mol. The number of rotatable bonds is 5. The number of ether oxygens (including phenoxy) is 3. The van der Waals surface area contributed by atoms with Crippen LogP contribution in [0.25, 0.3) is 0 Å². The molecule has 0 spiro atoms. The zero-order valence-corrected chi connectivity index (χ0v) is 16.3. The van der Waals surface area contributed by atoms with Gasteiger partial charge in [0.25, 0.3) is 5.91 Å². The molecule has 1 aliphatic heterocycles. The number of nitrogens with zero attached hydrogens (tertiary/aromatic N) is 1. The summed E-state index contributed by atoms with van der Waals surface area (Å²) >= 11 is 0. The van der Waals surface area contributed by atoms with Crippen LogP contribution in [0.1, 0.15) is 27.9 Å². The van der Waals surface area contributed by atoms with Crippen molar-refractivity contribution in [3.05, 3.63) is 83.4 Å². The van der Waals surface area contributed by atoms with Gasteiger partial charge >= 0.3 is 0 Å². The van der Waals surface area contributed by atoms with Gasteiger partial charge < -0.3 is 19.5 Å². The van der Waals surface area contributed by atoms with Crippen LogP contribution in [-0.2, 0) is 6.61 Å². The number of fused-ring (bicyclic) bond motifs is 1. The molecule has 0 saturated heterocycles. The molecule has 6 nitrogen and oxygen atoms in total. The minimum absolute atomic E-state index is 0.247. The Bertz CT molecular complexity index is 1100. The van der Waals surface area contributed by atoms with Crippen LogP contribution < -0.4 is 19.5 Å². The highest BCUT2D eigenvalue weighted by atomic mass is 16.5. The molecule has 30 heavy (non-hydrogen) atoms. The van der Waals surface area contributed by atoms with Crippen molar-refractivity contribution < 1.29 is 19.0 Å². The van der Waals surface area contributed by atoms with Crippen molar-refractivity contribution in [3.8, 4) is 23.3 Å². The molecule has 0 fully saturated rings. The van der Waals surface area contributed by atoms with Crippen LogP contribution in [0.4, 0.5) is 5.69 Å². The Morgan fingerprint density at radius 1 is 1.00 bits per heavy atom. The lowest BCUT2D eigenvalue weighted by atomic mass is 10.1. The summed E-state index contributed by atoms with van der Waals surface area (Å²) in [6, 6.07) is 21.7. The number of carbonyl (C=O) groups is 1. The summed E-state index contributed by atoms with van der Waals surface area (Å²) in [4.78, 5) is 12.7. The van der Waals surface area contributed by atoms with Crippen molar-refractivity contribution in [2.24, 2.45) is 0 Å². The summed E-state index contributed by atoms with van der Waals surface area (Å²) in [7, 11) is 0. The number of nitrogens with one attached hydrogen (secondary N) is 1. The summed E-state index contributed by atoms with van der Waals surface area (Å²) in [6.45, 7) is 1.44. The van der Waals surface area contributed by atoms with Crippen LogP contribution in [0.2, 0.25) is 0 Å². The maximum atomic E-state index is 12.7. The standard InChI is InChI=1S/C24H20N2O4/c25-15-18-5-1-2-6-19(18)16-30-21-8-3-7-17(13-21)24(27)26-20-9-10-22-23(14-20)29-12-4-11-28-22/h1-3,5-10,13-14H,4,11-12,16H2,(H,26,27). The van der Waals surface area contributed by atoms with E-state index in [-0.39, 0.29) is 12.5 Å². The van der Waals surface area contributed by atoms with Gasteiger partial charge in [-0.15, -0.1) is 0 Å². The summed E-state index contributed by atoms with van der Waals surface area (Å²) in [5.41, 5.74) is 2.45. The van der Waals surface area contributed by atoms with Crippen molar-refractivity contribution in [2.45, 2.75) is 13.0 Å². The van der Waals surface area contributed by atoms with Crippen LogP contribution in [-0.4, -0.2) is 19.1 Å². The Morgan fingerprint density at radius 3 is 2.70 bits per heavy atom. The van der Waals surface area contributed by atoms with E-state index >= 15 is 0 Å². The van der Waals surface area contributed by atoms with Crippen molar-refractivity contribution in [3.63, 3.8) is 0 Å². The lowest BCUT2D eigenvalue weighted by Gasteiger charge is -2.11. The highest BCUT2D eigenvalue weighted by Crippen LogP contribution is 2.32. The molecule has 150 valence electrons. The molecular weight excluding hydrogens is 380 g/mol. The second kappa shape index (κ2) is 9.01. The second-order valence-corrected chi connectivity index (χ2v) is 6.75. The molecule has 0 atom stereocenters. The quantitative estimate of drug-likeness (QED) is 0.680. The van der Waals surface area contributed by atoms with Crippen LogP contribution in [0.15, 0.2) is 66.7 Å². The van der Waals surface area contributed by atoms with Gasteiger partial charge in [-0.1, -0.05) is 24.3 Å². The minimum Gasteiger partial charge on any atom is -0.490 e. The molecule has 3 aromatic carbocycles. The third-order valence-corrected chi connectivity index (χ3v) is 4.63. The van der Waals surface area contributed by atoms with Gasteiger partial charge in [0.2, 0.25) is 0 Å². The maximum absolute atomic E-state index is 12.7.